The average molecular weight is 238 g/mol. The van der Waals surface area contributed by atoms with Crippen molar-refractivity contribution < 1.29 is 18.5 Å². The molecule has 4 nitrogen and oxygen atoms in total. The monoisotopic (exact) mass is 238 g/mol. The Bertz CT molecular complexity index is 204. The van der Waals surface area contributed by atoms with Crippen molar-refractivity contribution >= 4 is 7.82 Å². The molecule has 92 valence electrons. The second kappa shape index (κ2) is 7.39. The number of unbranched alkanes of at least 4 members (excludes halogenated alkanes) is 1. The zero-order valence-electron chi connectivity index (χ0n) is 10.1. The van der Waals surface area contributed by atoms with Crippen LogP contribution in [0.3, 0.4) is 0 Å². The summed E-state index contributed by atoms with van der Waals surface area (Å²) in [4.78, 5) is 9.20. The van der Waals surface area contributed by atoms with Crippen LogP contribution in [-0.4, -0.2) is 17.6 Å². The molecule has 0 rings (SSSR count). The third kappa shape index (κ3) is 10.4. The van der Waals surface area contributed by atoms with E-state index in [0.29, 0.717) is 5.92 Å². The smallest absolute Gasteiger partial charge is 0.302 e. The van der Waals surface area contributed by atoms with Gasteiger partial charge in [-0.3, -0.25) is 9.05 Å². The van der Waals surface area contributed by atoms with Gasteiger partial charge in [0.15, 0.2) is 0 Å². The van der Waals surface area contributed by atoms with E-state index in [1.165, 1.54) is 0 Å². The highest BCUT2D eigenvalue weighted by Crippen LogP contribution is 2.44. The highest BCUT2D eigenvalue weighted by molar-refractivity contribution is 7.47. The Hall–Kier alpha value is 0.110. The maximum Gasteiger partial charge on any atom is 0.472 e. The van der Waals surface area contributed by atoms with Gasteiger partial charge in [0.1, 0.15) is 0 Å². The topological polar surface area (TPSA) is 55.8 Å². The molecule has 0 aromatic heterocycles. The molecule has 0 spiro atoms. The first-order valence-electron chi connectivity index (χ1n) is 5.49. The van der Waals surface area contributed by atoms with Crippen LogP contribution in [0.2, 0.25) is 0 Å². The van der Waals surface area contributed by atoms with Crippen LogP contribution in [0.25, 0.3) is 0 Å². The average Bonchev–Trinajstić information content (AvgIpc) is 1.99. The molecular formula is C10H23O4P. The van der Waals surface area contributed by atoms with E-state index < -0.39 is 7.82 Å². The van der Waals surface area contributed by atoms with E-state index >= 15 is 0 Å². The first kappa shape index (κ1) is 15.1. The van der Waals surface area contributed by atoms with Crippen molar-refractivity contribution in [3.05, 3.63) is 0 Å². The van der Waals surface area contributed by atoms with Gasteiger partial charge in [-0.2, -0.15) is 0 Å². The summed E-state index contributed by atoms with van der Waals surface area (Å²) in [6.07, 6.45) is 2.63. The lowest BCUT2D eigenvalue weighted by molar-refractivity contribution is 0.119. The summed E-state index contributed by atoms with van der Waals surface area (Å²) in [6, 6.07) is 0. The molecule has 15 heavy (non-hydrogen) atoms. The van der Waals surface area contributed by atoms with Gasteiger partial charge in [-0.1, -0.05) is 26.7 Å². The lowest BCUT2D eigenvalue weighted by Crippen LogP contribution is -2.03. The highest BCUT2D eigenvalue weighted by Gasteiger charge is 2.21. The summed E-state index contributed by atoms with van der Waals surface area (Å²) in [5.74, 6) is 0.665. The fourth-order valence-electron chi connectivity index (χ4n) is 1.13. The van der Waals surface area contributed by atoms with Gasteiger partial charge in [0.25, 0.3) is 0 Å². The van der Waals surface area contributed by atoms with Crippen LogP contribution in [0, 0.1) is 5.92 Å². The molecule has 0 aliphatic heterocycles. The molecule has 0 aliphatic carbocycles. The molecule has 0 bridgehead atoms. The predicted molar refractivity (Wildman–Crippen MR) is 60.7 cm³/mol. The molecule has 1 atom stereocenters. The molecule has 0 aromatic rings. The van der Waals surface area contributed by atoms with Crippen LogP contribution in [0.5, 0.6) is 0 Å². The van der Waals surface area contributed by atoms with Gasteiger partial charge in [0, 0.05) is 0 Å². The molecule has 1 unspecified atom stereocenters. The fraction of sp³-hybridized carbons (Fsp3) is 1.00. The zero-order valence-corrected chi connectivity index (χ0v) is 11.0. The number of hydrogen-bond acceptors (Lipinski definition) is 3. The maximum absolute atomic E-state index is 11.2. The third-order valence-electron chi connectivity index (χ3n) is 1.77. The molecule has 0 saturated heterocycles. The van der Waals surface area contributed by atoms with E-state index in [1.54, 1.807) is 13.8 Å². The lowest BCUT2D eigenvalue weighted by Gasteiger charge is -2.14. The zero-order chi connectivity index (χ0) is 11.9. The summed E-state index contributed by atoms with van der Waals surface area (Å²) in [5.41, 5.74) is 0. The van der Waals surface area contributed by atoms with Crippen LogP contribution in [0.15, 0.2) is 0 Å². The number of hydrogen-bond donors (Lipinski definition) is 1. The number of phosphoric ester groups is 1. The molecule has 0 heterocycles. The molecule has 0 amide bonds. The minimum atomic E-state index is -3.81. The SMILES string of the molecule is CC(C)CCCCOP(=O)(O)OC(C)C. The Kier molecular flexibility index (Phi) is 7.45. The Morgan fingerprint density at radius 3 is 2.27 bits per heavy atom. The van der Waals surface area contributed by atoms with Crippen molar-refractivity contribution in [1.29, 1.82) is 0 Å². The van der Waals surface area contributed by atoms with Gasteiger partial charge in [-0.25, -0.2) is 4.57 Å². The molecule has 0 aliphatic rings. The van der Waals surface area contributed by atoms with Crippen LogP contribution in [0.4, 0.5) is 0 Å². The Morgan fingerprint density at radius 1 is 1.20 bits per heavy atom. The van der Waals surface area contributed by atoms with Gasteiger partial charge >= 0.3 is 7.82 Å². The summed E-state index contributed by atoms with van der Waals surface area (Å²) in [5, 5.41) is 0. The Morgan fingerprint density at radius 2 is 1.80 bits per heavy atom. The van der Waals surface area contributed by atoms with Crippen molar-refractivity contribution in [2.45, 2.75) is 53.1 Å². The number of phosphoric acid groups is 1. The minimum absolute atomic E-state index is 0.285. The Balaban J connectivity index is 3.53. The summed E-state index contributed by atoms with van der Waals surface area (Å²) in [7, 11) is -3.81. The summed E-state index contributed by atoms with van der Waals surface area (Å²) >= 11 is 0. The first-order valence-corrected chi connectivity index (χ1v) is 6.99. The Labute approximate surface area is 92.6 Å². The summed E-state index contributed by atoms with van der Waals surface area (Å²) < 4.78 is 20.8. The van der Waals surface area contributed by atoms with Crippen LogP contribution in [-0.2, 0) is 13.6 Å². The molecule has 0 aromatic carbocycles. The minimum Gasteiger partial charge on any atom is -0.302 e. The van der Waals surface area contributed by atoms with E-state index in [9.17, 15) is 9.46 Å². The van der Waals surface area contributed by atoms with E-state index in [4.69, 9.17) is 9.05 Å². The van der Waals surface area contributed by atoms with Crippen molar-refractivity contribution in [1.82, 2.24) is 0 Å². The van der Waals surface area contributed by atoms with Crippen molar-refractivity contribution in [2.75, 3.05) is 6.61 Å². The predicted octanol–water partition coefficient (Wildman–Crippen LogP) is 3.35. The van der Waals surface area contributed by atoms with Crippen molar-refractivity contribution in [2.24, 2.45) is 5.92 Å². The molecular weight excluding hydrogens is 215 g/mol. The molecule has 1 N–H and O–H groups in total. The number of rotatable bonds is 8. The maximum atomic E-state index is 11.2. The highest BCUT2D eigenvalue weighted by atomic mass is 31.2. The lowest BCUT2D eigenvalue weighted by atomic mass is 10.1. The first-order chi connectivity index (χ1) is 6.83. The van der Waals surface area contributed by atoms with Crippen molar-refractivity contribution in [3.63, 3.8) is 0 Å². The van der Waals surface area contributed by atoms with Gasteiger partial charge in [-0.15, -0.1) is 0 Å². The largest absolute Gasteiger partial charge is 0.472 e. The van der Waals surface area contributed by atoms with Crippen LogP contribution < -0.4 is 0 Å². The quantitative estimate of drug-likeness (QED) is 0.520. The van der Waals surface area contributed by atoms with Crippen LogP contribution >= 0.6 is 7.82 Å². The standard InChI is InChI=1S/C10H23O4P/c1-9(2)7-5-6-8-13-15(11,12)14-10(3)4/h9-10H,5-8H2,1-4H3,(H,11,12). The van der Waals surface area contributed by atoms with E-state index in [2.05, 4.69) is 13.8 Å². The van der Waals surface area contributed by atoms with Crippen LogP contribution in [0.1, 0.15) is 47.0 Å². The van der Waals surface area contributed by atoms with Crippen molar-refractivity contribution in [3.8, 4) is 0 Å². The second-order valence-electron chi connectivity index (χ2n) is 4.35. The molecule has 0 radical (unpaired) electrons. The van der Waals surface area contributed by atoms with Gasteiger partial charge in [0.2, 0.25) is 0 Å². The van der Waals surface area contributed by atoms with E-state index in [-0.39, 0.29) is 12.7 Å². The molecule has 5 heteroatoms. The van der Waals surface area contributed by atoms with Gasteiger partial charge in [0.05, 0.1) is 12.7 Å². The molecule has 0 fully saturated rings. The van der Waals surface area contributed by atoms with Gasteiger partial charge < -0.3 is 4.89 Å². The van der Waals surface area contributed by atoms with E-state index in [1.807, 2.05) is 0 Å². The fourth-order valence-corrected chi connectivity index (χ4v) is 2.08. The normalized spacial score (nSPS) is 15.9. The summed E-state index contributed by atoms with van der Waals surface area (Å²) in [6.45, 7) is 7.99. The molecule has 0 saturated carbocycles. The second-order valence-corrected chi connectivity index (χ2v) is 5.75. The van der Waals surface area contributed by atoms with Gasteiger partial charge in [-0.05, 0) is 26.2 Å². The third-order valence-corrected chi connectivity index (χ3v) is 2.97. The van der Waals surface area contributed by atoms with E-state index in [0.717, 1.165) is 19.3 Å².